The minimum absolute atomic E-state index is 0.0144. The van der Waals surface area contributed by atoms with Gasteiger partial charge in [-0.25, -0.2) is 4.79 Å². The minimum atomic E-state index is -5.14. The molecule has 2 aromatic carbocycles. The maximum Gasteiger partial charge on any atom is 0.417 e. The van der Waals surface area contributed by atoms with Crippen LogP contribution in [0, 0.1) is 5.92 Å². The number of alkyl halides is 12. The van der Waals surface area contributed by atoms with Crippen LogP contribution in [-0.2, 0) is 24.7 Å². The van der Waals surface area contributed by atoms with Crippen molar-refractivity contribution >= 4 is 35.3 Å². The molecule has 2 aromatic heterocycles. The Morgan fingerprint density at radius 2 is 1.00 bits per heavy atom. The molecule has 0 spiro atoms. The number of anilines is 2. The van der Waals surface area contributed by atoms with Gasteiger partial charge < -0.3 is 30.0 Å². The second-order valence-electron chi connectivity index (χ2n) is 15.4. The zero-order valence-electron chi connectivity index (χ0n) is 34.5. The van der Waals surface area contributed by atoms with Crippen LogP contribution in [0.4, 0.5) is 64.3 Å². The number of hydrogen-bond donors (Lipinski definition) is 2. The fourth-order valence-electron chi connectivity index (χ4n) is 7.01. The van der Waals surface area contributed by atoms with Crippen LogP contribution in [0.3, 0.4) is 0 Å². The van der Waals surface area contributed by atoms with Crippen LogP contribution in [0.15, 0.2) is 60.7 Å². The number of hydrogen-bond acceptors (Lipinski definition) is 10. The first-order valence-corrected chi connectivity index (χ1v) is 20.2. The molecular weight excluding hydrogens is 926 g/mol. The molecule has 2 aliphatic heterocycles. The highest BCUT2D eigenvalue weighted by atomic mass is 19.4. The quantitative estimate of drug-likeness (QED) is 0.163. The van der Waals surface area contributed by atoms with Crippen molar-refractivity contribution in [1.29, 1.82) is 0 Å². The summed E-state index contributed by atoms with van der Waals surface area (Å²) in [6, 6.07) is 7.49. The highest BCUT2D eigenvalue weighted by molar-refractivity contribution is 5.97. The third-order valence-electron chi connectivity index (χ3n) is 10.8. The lowest BCUT2D eigenvalue weighted by Gasteiger charge is -2.35. The first-order chi connectivity index (χ1) is 31.3. The van der Waals surface area contributed by atoms with Crippen molar-refractivity contribution in [3.05, 3.63) is 105 Å². The highest BCUT2D eigenvalue weighted by Gasteiger charge is 2.42. The fraction of sp³-hybridized carbons (Fsp3) is 0.415. The molecule has 2 saturated heterocycles. The van der Waals surface area contributed by atoms with Crippen LogP contribution >= 0.6 is 0 Å². The molecule has 2 N–H and O–H groups in total. The number of aromatic nitrogens is 4. The van der Waals surface area contributed by atoms with Crippen LogP contribution in [0.5, 0.6) is 0 Å². The lowest BCUT2D eigenvalue weighted by molar-refractivity contribution is -0.143. The molecule has 7 rings (SSSR count). The highest BCUT2D eigenvalue weighted by Crippen LogP contribution is 2.39. The number of aromatic carboxylic acids is 1. The average Bonchev–Trinajstić information content (AvgIpc) is 4.12. The van der Waals surface area contributed by atoms with Crippen molar-refractivity contribution in [1.82, 2.24) is 35.5 Å². The number of carboxylic acid groups (broad SMARTS) is 1. The second-order valence-corrected chi connectivity index (χ2v) is 15.4. The van der Waals surface area contributed by atoms with E-state index in [1.165, 1.54) is 31.0 Å². The van der Waals surface area contributed by atoms with Gasteiger partial charge in [-0.15, -0.1) is 20.4 Å². The van der Waals surface area contributed by atoms with E-state index in [4.69, 9.17) is 5.11 Å². The molecule has 3 aliphatic rings. The van der Waals surface area contributed by atoms with Crippen molar-refractivity contribution in [2.24, 2.45) is 5.92 Å². The van der Waals surface area contributed by atoms with E-state index >= 15 is 0 Å². The molecular formula is C41H37F12N9O5. The maximum absolute atomic E-state index is 13.4. The third-order valence-corrected chi connectivity index (χ3v) is 10.8. The number of nitrogens with one attached hydrogen (secondary N) is 1. The van der Waals surface area contributed by atoms with Crippen LogP contribution < -0.4 is 15.1 Å². The summed E-state index contributed by atoms with van der Waals surface area (Å²) in [4.78, 5) is 54.0. The molecule has 0 atom stereocenters. The molecule has 0 unspecified atom stereocenters. The van der Waals surface area contributed by atoms with Gasteiger partial charge in [0.1, 0.15) is 0 Å². The Balaban J connectivity index is 0.000000224. The molecule has 26 heteroatoms. The third kappa shape index (κ3) is 12.6. The summed E-state index contributed by atoms with van der Waals surface area (Å²) < 4.78 is 158. The molecule has 0 bridgehead atoms. The lowest BCUT2D eigenvalue weighted by Crippen LogP contribution is -2.49. The number of nitrogens with zero attached hydrogens (tertiary/aromatic N) is 8. The Hall–Kier alpha value is -6.76. The van der Waals surface area contributed by atoms with Crippen LogP contribution in [-0.4, -0.2) is 118 Å². The summed E-state index contributed by atoms with van der Waals surface area (Å²) in [6.45, 7) is 1.14. The summed E-state index contributed by atoms with van der Waals surface area (Å²) in [5.41, 5.74) is -7.91. The Kier molecular flexibility index (Phi) is 14.5. The second kappa shape index (κ2) is 19.6. The van der Waals surface area contributed by atoms with Gasteiger partial charge in [-0.2, -0.15) is 52.7 Å². The number of amides is 3. The average molecular weight is 964 g/mol. The van der Waals surface area contributed by atoms with E-state index in [0.717, 1.165) is 16.2 Å². The number of rotatable bonds is 9. The predicted molar refractivity (Wildman–Crippen MR) is 210 cm³/mol. The van der Waals surface area contributed by atoms with E-state index in [1.54, 1.807) is 15.9 Å². The number of carbonyl (C=O) groups is 4. The van der Waals surface area contributed by atoms with Gasteiger partial charge in [0, 0.05) is 58.9 Å². The van der Waals surface area contributed by atoms with Crippen molar-refractivity contribution in [3.8, 4) is 0 Å². The van der Waals surface area contributed by atoms with E-state index in [1.807, 2.05) is 0 Å². The van der Waals surface area contributed by atoms with E-state index in [-0.39, 0.29) is 87.9 Å². The standard InChI is InChI=1S/C23H23F6N5O2.C18H14F6N4O3/c24-22(25,26)15-3-4-17(23(27,28)29)16(13-15)21(36)34-11-9-33(10-12-34)19-6-5-18(31-32-19)20(35)30-8-7-14-1-2-14;19-17(20,21)10-1-2-11(12(9-10)18(22,23)24)15(29)28-7-5-27(6-8-28)14-4-3-13(16(30)31)25-26-14/h3-6,13-14H,1-2,7-12H2,(H,30,35);1-4,9H,5-8H2,(H,30,31). The number of halogens is 12. The first kappa shape index (κ1) is 49.7. The van der Waals surface area contributed by atoms with Crippen LogP contribution in [0.1, 0.15) is 83.2 Å². The number of carboxylic acids is 1. The van der Waals surface area contributed by atoms with Gasteiger partial charge in [0.15, 0.2) is 23.0 Å². The van der Waals surface area contributed by atoms with E-state index in [9.17, 15) is 71.9 Å². The predicted octanol–water partition coefficient (Wildman–Crippen LogP) is 7.18. The molecule has 3 amide bonds. The fourth-order valence-corrected chi connectivity index (χ4v) is 7.01. The van der Waals surface area contributed by atoms with Crippen molar-refractivity contribution in [3.63, 3.8) is 0 Å². The van der Waals surface area contributed by atoms with Crippen LogP contribution in [0.25, 0.3) is 0 Å². The molecule has 360 valence electrons. The van der Waals surface area contributed by atoms with E-state index in [2.05, 4.69) is 25.7 Å². The van der Waals surface area contributed by atoms with E-state index in [0.29, 0.717) is 42.3 Å². The van der Waals surface area contributed by atoms with Crippen molar-refractivity contribution in [2.75, 3.05) is 68.7 Å². The van der Waals surface area contributed by atoms with Crippen molar-refractivity contribution < 1.29 is 77.0 Å². The zero-order valence-corrected chi connectivity index (χ0v) is 34.5. The molecule has 1 saturated carbocycles. The lowest BCUT2D eigenvalue weighted by atomic mass is 10.0. The summed E-state index contributed by atoms with van der Waals surface area (Å²) in [7, 11) is 0. The molecule has 4 heterocycles. The normalized spacial score (nSPS) is 16.0. The Morgan fingerprint density at radius 3 is 1.43 bits per heavy atom. The van der Waals surface area contributed by atoms with Gasteiger partial charge in [-0.3, -0.25) is 14.4 Å². The molecule has 1 aliphatic carbocycles. The van der Waals surface area contributed by atoms with Crippen molar-refractivity contribution in [2.45, 2.75) is 44.0 Å². The molecule has 3 fully saturated rings. The Morgan fingerprint density at radius 1 is 0.537 bits per heavy atom. The van der Waals surface area contributed by atoms with E-state index < -0.39 is 75.9 Å². The van der Waals surface area contributed by atoms with Gasteiger partial charge in [0.2, 0.25) is 0 Å². The number of piperazine rings is 2. The SMILES string of the molecule is O=C(NCCC1CC1)c1ccc(N2CCN(C(=O)c3cc(C(F)(F)F)ccc3C(F)(F)F)CC2)nn1.O=C(O)c1ccc(N2CCN(C(=O)c3ccc(C(F)(F)F)cc3C(F)(F)F)CC2)nn1. The monoisotopic (exact) mass is 963 g/mol. The molecule has 0 radical (unpaired) electrons. The van der Waals surface area contributed by atoms with Gasteiger partial charge in [0.25, 0.3) is 17.7 Å². The summed E-state index contributed by atoms with van der Waals surface area (Å²) in [6.07, 6.45) is -16.7. The number of benzene rings is 2. The topological polar surface area (TPSA) is 165 Å². The molecule has 4 aromatic rings. The summed E-state index contributed by atoms with van der Waals surface area (Å²) in [5, 5.41) is 26.9. The van der Waals surface area contributed by atoms with Gasteiger partial charge in [0.05, 0.1) is 33.4 Å². The largest absolute Gasteiger partial charge is 0.476 e. The Labute approximate surface area is 371 Å². The van der Waals surface area contributed by atoms with Gasteiger partial charge >= 0.3 is 30.7 Å². The Bertz CT molecular complexity index is 2430. The number of carbonyl (C=O) groups excluding carboxylic acids is 3. The first-order valence-electron chi connectivity index (χ1n) is 20.2. The zero-order chi connectivity index (χ0) is 49.1. The minimum Gasteiger partial charge on any atom is -0.476 e. The molecule has 67 heavy (non-hydrogen) atoms. The van der Waals surface area contributed by atoms with Gasteiger partial charge in [-0.05, 0) is 73.0 Å². The maximum atomic E-state index is 13.4. The van der Waals surface area contributed by atoms with Gasteiger partial charge in [-0.1, -0.05) is 12.8 Å². The smallest absolute Gasteiger partial charge is 0.417 e. The van der Waals surface area contributed by atoms with Crippen LogP contribution in [0.2, 0.25) is 0 Å². The molecule has 14 nitrogen and oxygen atoms in total. The summed E-state index contributed by atoms with van der Waals surface area (Å²) in [5.74, 6) is -2.35. The summed E-state index contributed by atoms with van der Waals surface area (Å²) >= 11 is 0.